The van der Waals surface area contributed by atoms with Crippen LogP contribution in [0.2, 0.25) is 0 Å². The normalized spacial score (nSPS) is 11.9. The average molecular weight is 876 g/mol. The largest absolute Gasteiger partial charge is 0.483 e. The molecule has 1 aromatic rings. The molecule has 1 atom stereocenters. The molecule has 0 radical (unpaired) electrons. The van der Waals surface area contributed by atoms with Crippen molar-refractivity contribution in [1.82, 2.24) is 4.90 Å². The van der Waals surface area contributed by atoms with Gasteiger partial charge in [0.2, 0.25) is 0 Å². The van der Waals surface area contributed by atoms with E-state index in [2.05, 4.69) is 43.2 Å². The highest BCUT2D eigenvalue weighted by Crippen LogP contribution is 2.24. The van der Waals surface area contributed by atoms with Crippen LogP contribution < -0.4 is 21.5 Å². The number of carbonyl (C=O) groups is 2. The number of hydrogen-bond donors (Lipinski definition) is 3. The molecule has 0 fully saturated rings. The van der Waals surface area contributed by atoms with Gasteiger partial charge in [0, 0.05) is 20.0 Å². The smallest absolute Gasteiger partial charge is 0.306 e. The summed E-state index contributed by atoms with van der Waals surface area (Å²) < 4.78 is 6.08. The van der Waals surface area contributed by atoms with E-state index in [0.717, 1.165) is 64.1 Å². The van der Waals surface area contributed by atoms with Crippen molar-refractivity contribution in [1.29, 1.82) is 0 Å². The molecule has 0 spiro atoms. The zero-order chi connectivity index (χ0) is 45.7. The molecule has 0 aliphatic carbocycles. The van der Waals surface area contributed by atoms with E-state index in [9.17, 15) is 14.4 Å². The summed E-state index contributed by atoms with van der Waals surface area (Å²) in [6.07, 6.45) is 45.2. The van der Waals surface area contributed by atoms with Crippen LogP contribution in [0.4, 0.5) is 11.4 Å². The SMILES string of the molecule is CCCCCCCCC(CCC)CCCCCCCN(CCCCCCCC(=O)OC(CCCCCCCC)CCCCCCCC)CCCNc1c(NC)c(=O)c1=O.O=CO. The van der Waals surface area contributed by atoms with Crippen molar-refractivity contribution in [3.05, 3.63) is 20.4 Å². The fourth-order valence-corrected chi connectivity index (χ4v) is 8.95. The van der Waals surface area contributed by atoms with Crippen LogP contribution in [0.5, 0.6) is 0 Å². The quantitative estimate of drug-likeness (QED) is 0.0254. The maximum atomic E-state index is 12.9. The van der Waals surface area contributed by atoms with Crippen LogP contribution in [-0.2, 0) is 14.3 Å². The minimum atomic E-state index is -0.414. The van der Waals surface area contributed by atoms with E-state index in [1.807, 2.05) is 0 Å². The molecule has 364 valence electrons. The summed E-state index contributed by atoms with van der Waals surface area (Å²) in [5, 5.41) is 13.0. The van der Waals surface area contributed by atoms with Crippen molar-refractivity contribution >= 4 is 23.8 Å². The molecule has 0 aliphatic rings. The third-order valence-corrected chi connectivity index (χ3v) is 12.8. The van der Waals surface area contributed by atoms with Crippen molar-refractivity contribution in [2.24, 2.45) is 5.92 Å². The van der Waals surface area contributed by atoms with E-state index in [1.54, 1.807) is 7.05 Å². The van der Waals surface area contributed by atoms with Crippen LogP contribution in [0.1, 0.15) is 259 Å². The van der Waals surface area contributed by atoms with E-state index < -0.39 is 10.9 Å². The minimum absolute atomic E-state index is 0.0197. The minimum Gasteiger partial charge on any atom is -0.483 e. The number of nitrogens with one attached hydrogen (secondary N) is 2. The lowest BCUT2D eigenvalue weighted by atomic mass is 9.90. The second kappa shape index (κ2) is 45.2. The fraction of sp³-hybridized carbons (Fsp3) is 0.887. The first kappa shape index (κ1) is 59.6. The maximum absolute atomic E-state index is 12.9. The van der Waals surface area contributed by atoms with Crippen LogP contribution in [0, 0.1) is 5.92 Å². The Bertz CT molecular complexity index is 1180. The molecular weight excluding hydrogens is 775 g/mol. The molecule has 1 unspecified atom stereocenters. The van der Waals surface area contributed by atoms with Gasteiger partial charge in [-0.1, -0.05) is 201 Å². The zero-order valence-electron chi connectivity index (χ0n) is 41.5. The summed E-state index contributed by atoms with van der Waals surface area (Å²) in [4.78, 5) is 47.6. The lowest BCUT2D eigenvalue weighted by molar-refractivity contribution is -0.150. The molecule has 0 heterocycles. The number of ether oxygens (including phenoxy) is 1. The van der Waals surface area contributed by atoms with Crippen LogP contribution in [0.3, 0.4) is 0 Å². The summed E-state index contributed by atoms with van der Waals surface area (Å²) >= 11 is 0. The van der Waals surface area contributed by atoms with Crippen LogP contribution in [0.25, 0.3) is 0 Å². The Morgan fingerprint density at radius 1 is 0.532 bits per heavy atom. The number of rotatable bonds is 46. The molecule has 9 nitrogen and oxygen atoms in total. The van der Waals surface area contributed by atoms with Crippen LogP contribution in [-0.4, -0.2) is 61.8 Å². The summed E-state index contributed by atoms with van der Waals surface area (Å²) in [6, 6.07) is 0. The number of unbranched alkanes of at least 4 members (excludes halogenated alkanes) is 23. The predicted molar refractivity (Wildman–Crippen MR) is 267 cm³/mol. The summed E-state index contributed by atoms with van der Waals surface area (Å²) in [5.41, 5.74) is 0.0596. The van der Waals surface area contributed by atoms with E-state index in [4.69, 9.17) is 14.6 Å². The molecule has 0 aliphatic heterocycles. The summed E-state index contributed by atoms with van der Waals surface area (Å²) in [5.74, 6) is 0.954. The monoisotopic (exact) mass is 876 g/mol. The number of anilines is 2. The number of carbonyl (C=O) groups excluding carboxylic acids is 1. The van der Waals surface area contributed by atoms with Gasteiger partial charge >= 0.3 is 5.97 Å². The van der Waals surface area contributed by atoms with Gasteiger partial charge in [-0.3, -0.25) is 19.2 Å². The first-order valence-corrected chi connectivity index (χ1v) is 26.6. The topological polar surface area (TPSA) is 125 Å². The molecule has 0 saturated heterocycles. The lowest BCUT2D eigenvalue weighted by Crippen LogP contribution is -2.37. The van der Waals surface area contributed by atoms with Gasteiger partial charge in [0.15, 0.2) is 0 Å². The molecule has 9 heteroatoms. The molecule has 0 amide bonds. The molecule has 62 heavy (non-hydrogen) atoms. The highest BCUT2D eigenvalue weighted by Gasteiger charge is 2.19. The van der Waals surface area contributed by atoms with Crippen LogP contribution >= 0.6 is 0 Å². The molecule has 1 aromatic carbocycles. The Balaban J connectivity index is 0.0000120. The average Bonchev–Trinajstić information content (AvgIpc) is 3.26. The van der Waals surface area contributed by atoms with Gasteiger partial charge in [-0.2, -0.15) is 0 Å². The van der Waals surface area contributed by atoms with Gasteiger partial charge in [-0.25, -0.2) is 0 Å². The van der Waals surface area contributed by atoms with Crippen LogP contribution in [0.15, 0.2) is 9.59 Å². The van der Waals surface area contributed by atoms with Gasteiger partial charge in [0.05, 0.1) is 0 Å². The van der Waals surface area contributed by atoms with Crippen molar-refractivity contribution in [2.45, 2.75) is 265 Å². The highest BCUT2D eigenvalue weighted by atomic mass is 16.5. The molecule has 3 N–H and O–H groups in total. The molecule has 0 saturated carbocycles. The lowest BCUT2D eigenvalue weighted by Gasteiger charge is -2.23. The van der Waals surface area contributed by atoms with E-state index in [-0.39, 0.29) is 18.5 Å². The number of carboxylic acid groups (broad SMARTS) is 1. The first-order chi connectivity index (χ1) is 30.3. The molecule has 0 bridgehead atoms. The van der Waals surface area contributed by atoms with E-state index in [1.165, 1.54) is 186 Å². The van der Waals surface area contributed by atoms with Crippen molar-refractivity contribution < 1.29 is 19.4 Å². The number of hydrogen-bond acceptors (Lipinski definition) is 8. The predicted octanol–water partition coefficient (Wildman–Crippen LogP) is 14.4. The van der Waals surface area contributed by atoms with Gasteiger partial charge in [-0.05, 0) is 76.9 Å². The van der Waals surface area contributed by atoms with Gasteiger partial charge < -0.3 is 25.4 Å². The maximum Gasteiger partial charge on any atom is 0.306 e. The Morgan fingerprint density at radius 2 is 0.919 bits per heavy atom. The number of nitrogens with zero attached hydrogens (tertiary/aromatic N) is 1. The molecular formula is C53H101N3O6. The molecule has 1 rings (SSSR count). The zero-order valence-corrected chi connectivity index (χ0v) is 41.5. The van der Waals surface area contributed by atoms with Gasteiger partial charge in [-0.15, -0.1) is 0 Å². The second-order valence-corrected chi connectivity index (χ2v) is 18.4. The third kappa shape index (κ3) is 34.0. The Hall–Kier alpha value is -2.42. The van der Waals surface area contributed by atoms with E-state index in [0.29, 0.717) is 24.3 Å². The Morgan fingerprint density at radius 3 is 1.37 bits per heavy atom. The Labute approximate surface area is 382 Å². The molecule has 0 aromatic heterocycles. The number of esters is 1. The van der Waals surface area contributed by atoms with Crippen molar-refractivity contribution in [3.63, 3.8) is 0 Å². The first-order valence-electron chi connectivity index (χ1n) is 26.6. The standard InChI is InChI=1S/C52H99N3O4.CH2O2/c1-6-10-13-16-21-28-37-46(36-9-4)38-29-22-19-26-33-43-55(45-35-42-54-50-49(53-5)51(57)52(50)58)44-34-27-20-25-32-41-48(56)59-47(39-30-23-17-14-11-7-2)40-31-24-18-15-12-8-3;2-1-3/h46-47,53-54H,6-45H2,1-5H3;1H,(H,2,3). The highest BCUT2D eigenvalue weighted by molar-refractivity contribution is 5.73. The van der Waals surface area contributed by atoms with E-state index >= 15 is 0 Å². The van der Waals surface area contributed by atoms with Crippen molar-refractivity contribution in [2.75, 3.05) is 43.9 Å². The fourth-order valence-electron chi connectivity index (χ4n) is 8.95. The summed E-state index contributed by atoms with van der Waals surface area (Å²) in [7, 11) is 1.69. The summed E-state index contributed by atoms with van der Waals surface area (Å²) in [6.45, 7) is 12.9. The van der Waals surface area contributed by atoms with Gasteiger partial charge in [0.1, 0.15) is 17.5 Å². The van der Waals surface area contributed by atoms with Gasteiger partial charge in [0.25, 0.3) is 17.3 Å². The second-order valence-electron chi connectivity index (χ2n) is 18.4. The third-order valence-electron chi connectivity index (χ3n) is 12.8. The van der Waals surface area contributed by atoms with Crippen molar-refractivity contribution in [3.8, 4) is 0 Å². The Kier molecular flexibility index (Phi) is 43.4.